The molecule has 6 nitrogen and oxygen atoms in total. The molecular formula is C15H12NO5. The first-order valence-corrected chi connectivity index (χ1v) is 6.17. The van der Waals surface area contributed by atoms with Gasteiger partial charge in [0.15, 0.2) is 0 Å². The lowest BCUT2D eigenvalue weighted by Gasteiger charge is -2.05. The molecule has 21 heavy (non-hydrogen) atoms. The van der Waals surface area contributed by atoms with E-state index in [1.54, 1.807) is 12.1 Å². The van der Waals surface area contributed by atoms with Crippen LogP contribution in [-0.2, 0) is 23.1 Å². The minimum Gasteiger partial charge on any atom is -0.457 e. The van der Waals surface area contributed by atoms with E-state index in [1.165, 1.54) is 36.4 Å². The van der Waals surface area contributed by atoms with Gasteiger partial charge in [0.1, 0.15) is 13.2 Å². The average molecular weight is 286 g/mol. The molecule has 2 aromatic carbocycles. The lowest BCUT2D eigenvalue weighted by atomic mass is 10.1. The summed E-state index contributed by atoms with van der Waals surface area (Å²) in [6, 6.07) is 12.0. The summed E-state index contributed by atoms with van der Waals surface area (Å²) in [5.41, 5.74) is 1.60. The highest BCUT2D eigenvalue weighted by Gasteiger charge is 2.08. The molecule has 0 aliphatic rings. The highest BCUT2D eigenvalue weighted by molar-refractivity contribution is 5.89. The highest BCUT2D eigenvalue weighted by atomic mass is 16.6. The van der Waals surface area contributed by atoms with E-state index >= 15 is 0 Å². The van der Waals surface area contributed by atoms with Crippen molar-refractivity contribution >= 4 is 11.7 Å². The zero-order valence-corrected chi connectivity index (χ0v) is 11.0. The Hall–Kier alpha value is -2.73. The number of carbonyl (C=O) groups excluding carboxylic acids is 1. The first-order chi connectivity index (χ1) is 10.1. The fourth-order valence-corrected chi connectivity index (χ4v) is 1.68. The highest BCUT2D eigenvalue weighted by Crippen LogP contribution is 2.13. The van der Waals surface area contributed by atoms with E-state index in [4.69, 9.17) is 4.74 Å². The van der Waals surface area contributed by atoms with Crippen molar-refractivity contribution in [1.29, 1.82) is 0 Å². The second-order valence-electron chi connectivity index (χ2n) is 4.34. The zero-order chi connectivity index (χ0) is 15.2. The Morgan fingerprint density at radius 1 is 1.00 bits per heavy atom. The third kappa shape index (κ3) is 3.87. The Labute approximate surface area is 120 Å². The topological polar surface area (TPSA) is 89.3 Å². The SMILES string of the molecule is [O]Cc1ccc(C(=O)OCc2ccc([N+](=O)[O-])cc2)cc1. The molecule has 0 N–H and O–H groups in total. The van der Waals surface area contributed by atoms with Crippen LogP contribution in [0.3, 0.4) is 0 Å². The molecule has 0 aliphatic heterocycles. The van der Waals surface area contributed by atoms with Crippen molar-refractivity contribution in [3.63, 3.8) is 0 Å². The van der Waals surface area contributed by atoms with Gasteiger partial charge < -0.3 is 4.74 Å². The van der Waals surface area contributed by atoms with Crippen molar-refractivity contribution in [1.82, 2.24) is 0 Å². The van der Waals surface area contributed by atoms with Crippen LogP contribution in [0.25, 0.3) is 0 Å². The van der Waals surface area contributed by atoms with Crippen LogP contribution in [-0.4, -0.2) is 10.9 Å². The predicted octanol–water partition coefficient (Wildman–Crippen LogP) is 2.88. The number of ether oxygens (including phenoxy) is 1. The maximum absolute atomic E-state index is 11.8. The molecule has 0 aromatic heterocycles. The molecule has 0 saturated carbocycles. The van der Waals surface area contributed by atoms with Crippen LogP contribution in [0.2, 0.25) is 0 Å². The molecule has 0 bridgehead atoms. The summed E-state index contributed by atoms with van der Waals surface area (Å²) in [6.07, 6.45) is 0. The quantitative estimate of drug-likeness (QED) is 0.480. The van der Waals surface area contributed by atoms with Gasteiger partial charge in [0.25, 0.3) is 5.69 Å². The van der Waals surface area contributed by atoms with Crippen LogP contribution >= 0.6 is 0 Å². The smallest absolute Gasteiger partial charge is 0.338 e. The van der Waals surface area contributed by atoms with Crippen LogP contribution in [0.1, 0.15) is 21.5 Å². The molecule has 0 amide bonds. The molecule has 0 spiro atoms. The lowest BCUT2D eigenvalue weighted by molar-refractivity contribution is -0.384. The molecule has 0 atom stereocenters. The number of nitro benzene ring substituents is 1. The van der Waals surface area contributed by atoms with E-state index in [9.17, 15) is 20.0 Å². The van der Waals surface area contributed by atoms with Gasteiger partial charge in [-0.05, 0) is 35.4 Å². The van der Waals surface area contributed by atoms with Crippen molar-refractivity contribution in [3.05, 3.63) is 75.3 Å². The summed E-state index contributed by atoms with van der Waals surface area (Å²) in [4.78, 5) is 21.8. The molecule has 0 aliphatic carbocycles. The summed E-state index contributed by atoms with van der Waals surface area (Å²) >= 11 is 0. The van der Waals surface area contributed by atoms with Gasteiger partial charge in [-0.3, -0.25) is 10.1 Å². The molecule has 0 saturated heterocycles. The van der Waals surface area contributed by atoms with Gasteiger partial charge in [0.05, 0.1) is 10.5 Å². The van der Waals surface area contributed by atoms with Crippen molar-refractivity contribution in [2.75, 3.05) is 0 Å². The fraction of sp³-hybridized carbons (Fsp3) is 0.133. The molecule has 1 radical (unpaired) electrons. The van der Waals surface area contributed by atoms with Gasteiger partial charge in [-0.15, -0.1) is 0 Å². The molecule has 107 valence electrons. The minimum absolute atomic E-state index is 0.0155. The van der Waals surface area contributed by atoms with E-state index in [0.29, 0.717) is 16.7 Å². The third-order valence-corrected chi connectivity index (χ3v) is 2.87. The maximum Gasteiger partial charge on any atom is 0.338 e. The normalized spacial score (nSPS) is 10.1. The number of rotatable bonds is 5. The number of esters is 1. The van der Waals surface area contributed by atoms with Gasteiger partial charge in [-0.25, -0.2) is 9.90 Å². The fourth-order valence-electron chi connectivity index (χ4n) is 1.68. The van der Waals surface area contributed by atoms with E-state index in [2.05, 4.69) is 0 Å². The summed E-state index contributed by atoms with van der Waals surface area (Å²) in [7, 11) is 0. The largest absolute Gasteiger partial charge is 0.457 e. The number of nitro groups is 1. The molecule has 6 heteroatoms. The van der Waals surface area contributed by atoms with Crippen molar-refractivity contribution in [3.8, 4) is 0 Å². The Kier molecular flexibility index (Phi) is 4.63. The number of benzene rings is 2. The maximum atomic E-state index is 11.8. The summed E-state index contributed by atoms with van der Waals surface area (Å²) in [6.45, 7) is -0.307. The van der Waals surface area contributed by atoms with Gasteiger partial charge in [-0.1, -0.05) is 12.1 Å². The standard InChI is InChI=1S/C15H12NO5/c17-9-11-1-5-13(6-2-11)15(18)21-10-12-3-7-14(8-4-12)16(19)20/h1-8H,9-10H2. The van der Waals surface area contributed by atoms with Crippen LogP contribution < -0.4 is 0 Å². The Bertz CT molecular complexity index is 634. The second kappa shape index (κ2) is 6.62. The van der Waals surface area contributed by atoms with Gasteiger partial charge in [0.2, 0.25) is 0 Å². The van der Waals surface area contributed by atoms with Crippen molar-refractivity contribution in [2.45, 2.75) is 13.2 Å². The van der Waals surface area contributed by atoms with Gasteiger partial charge in [0, 0.05) is 12.1 Å². The second-order valence-corrected chi connectivity index (χ2v) is 4.34. The number of hydrogen-bond acceptors (Lipinski definition) is 4. The number of non-ortho nitro benzene ring substituents is 1. The van der Waals surface area contributed by atoms with Crippen molar-refractivity contribution < 1.29 is 19.6 Å². The van der Waals surface area contributed by atoms with Crippen LogP contribution in [0, 0.1) is 10.1 Å². The first kappa shape index (κ1) is 14.7. The van der Waals surface area contributed by atoms with Crippen LogP contribution in [0.4, 0.5) is 5.69 Å². The molecule has 0 heterocycles. The van der Waals surface area contributed by atoms with Gasteiger partial charge in [-0.2, -0.15) is 0 Å². The first-order valence-electron chi connectivity index (χ1n) is 6.17. The summed E-state index contributed by atoms with van der Waals surface area (Å²) < 4.78 is 5.10. The third-order valence-electron chi connectivity index (χ3n) is 2.87. The molecule has 2 rings (SSSR count). The molecule has 0 fully saturated rings. The monoisotopic (exact) mass is 286 g/mol. The lowest BCUT2D eigenvalue weighted by Crippen LogP contribution is -2.05. The zero-order valence-electron chi connectivity index (χ0n) is 11.0. The van der Waals surface area contributed by atoms with E-state index in [-0.39, 0.29) is 18.9 Å². The Morgan fingerprint density at radius 3 is 2.10 bits per heavy atom. The molecule has 2 aromatic rings. The summed E-state index contributed by atoms with van der Waals surface area (Å²) in [5.74, 6) is -0.509. The Balaban J connectivity index is 1.95. The summed E-state index contributed by atoms with van der Waals surface area (Å²) in [5, 5.41) is 21.1. The Morgan fingerprint density at radius 2 is 1.57 bits per heavy atom. The van der Waals surface area contributed by atoms with Crippen LogP contribution in [0.15, 0.2) is 48.5 Å². The minimum atomic E-state index is -0.509. The van der Waals surface area contributed by atoms with Gasteiger partial charge >= 0.3 is 5.97 Å². The van der Waals surface area contributed by atoms with E-state index in [1.807, 2.05) is 0 Å². The molecule has 0 unspecified atom stereocenters. The van der Waals surface area contributed by atoms with E-state index in [0.717, 1.165) is 0 Å². The van der Waals surface area contributed by atoms with Crippen molar-refractivity contribution in [2.24, 2.45) is 0 Å². The number of carbonyl (C=O) groups is 1. The molecular weight excluding hydrogens is 274 g/mol. The average Bonchev–Trinajstić information content (AvgIpc) is 2.53. The predicted molar refractivity (Wildman–Crippen MR) is 73.0 cm³/mol. The van der Waals surface area contributed by atoms with Crippen LogP contribution in [0.5, 0.6) is 0 Å². The van der Waals surface area contributed by atoms with E-state index < -0.39 is 10.9 Å². The number of hydrogen-bond donors (Lipinski definition) is 0. The number of nitrogens with zero attached hydrogens (tertiary/aromatic N) is 1.